The van der Waals surface area contributed by atoms with E-state index in [-0.39, 0.29) is 31.8 Å². The lowest BCUT2D eigenvalue weighted by Crippen LogP contribution is -2.33. The molecule has 9 heteroatoms. The molecule has 1 fully saturated rings. The number of rotatable bonds is 10. The molecule has 0 spiro atoms. The predicted molar refractivity (Wildman–Crippen MR) is 137 cm³/mol. The summed E-state index contributed by atoms with van der Waals surface area (Å²) in [6.45, 7) is 0.915. The monoisotopic (exact) mass is 498 g/mol. The summed E-state index contributed by atoms with van der Waals surface area (Å²) >= 11 is 6.72. The zero-order valence-electron chi connectivity index (χ0n) is 18.6. The van der Waals surface area contributed by atoms with Crippen molar-refractivity contribution in [3.05, 3.63) is 59.0 Å². The first-order valence-corrected chi connectivity index (χ1v) is 12.4. The van der Waals surface area contributed by atoms with Gasteiger partial charge in [0.15, 0.2) is 11.5 Å². The van der Waals surface area contributed by atoms with Crippen LogP contribution in [0.4, 0.5) is 5.69 Å². The van der Waals surface area contributed by atoms with Gasteiger partial charge in [-0.15, -0.1) is 0 Å². The molecule has 0 atom stereocenters. The largest absolute Gasteiger partial charge is 0.454 e. The Kier molecular flexibility index (Phi) is 8.21. The highest BCUT2D eigenvalue weighted by Crippen LogP contribution is 2.36. The van der Waals surface area contributed by atoms with Crippen LogP contribution in [0, 0.1) is 0 Å². The third-order valence-corrected chi connectivity index (χ3v) is 6.91. The van der Waals surface area contributed by atoms with Gasteiger partial charge in [0.2, 0.25) is 12.7 Å². The predicted octanol–water partition coefficient (Wildman–Crippen LogP) is 4.20. The molecule has 7 nitrogen and oxygen atoms in total. The number of anilines is 1. The Morgan fingerprint density at radius 1 is 1.12 bits per heavy atom. The van der Waals surface area contributed by atoms with Crippen molar-refractivity contribution >= 4 is 51.9 Å². The summed E-state index contributed by atoms with van der Waals surface area (Å²) in [6.07, 6.45) is 4.46. The van der Waals surface area contributed by atoms with Gasteiger partial charge in [-0.3, -0.25) is 14.5 Å². The summed E-state index contributed by atoms with van der Waals surface area (Å²) in [6, 6.07) is 14.9. The summed E-state index contributed by atoms with van der Waals surface area (Å²) in [5, 5.41) is 9.32. The molecule has 2 heterocycles. The van der Waals surface area contributed by atoms with Crippen LogP contribution in [0.2, 0.25) is 0 Å². The summed E-state index contributed by atoms with van der Waals surface area (Å²) in [5.74, 6) is 1.26. The van der Waals surface area contributed by atoms with Gasteiger partial charge in [-0.1, -0.05) is 54.7 Å². The number of carbonyl (C=O) groups is 2. The van der Waals surface area contributed by atoms with Crippen molar-refractivity contribution < 1.29 is 24.2 Å². The number of ether oxygens (including phenoxy) is 2. The second-order valence-corrected chi connectivity index (χ2v) is 9.54. The molecule has 2 aliphatic heterocycles. The number of thiocarbonyl (C=S) groups is 1. The Labute approximate surface area is 208 Å². The van der Waals surface area contributed by atoms with Gasteiger partial charge in [0.1, 0.15) is 4.32 Å². The van der Waals surface area contributed by atoms with Gasteiger partial charge < -0.3 is 19.5 Å². The Hall–Kier alpha value is -2.88. The van der Waals surface area contributed by atoms with Gasteiger partial charge in [-0.05, 0) is 48.7 Å². The number of nitrogens with zero attached hydrogens (tertiary/aromatic N) is 2. The van der Waals surface area contributed by atoms with Crippen LogP contribution >= 0.6 is 24.0 Å². The van der Waals surface area contributed by atoms with Gasteiger partial charge in [0.05, 0.1) is 11.5 Å². The Morgan fingerprint density at radius 3 is 2.71 bits per heavy atom. The highest BCUT2D eigenvalue weighted by molar-refractivity contribution is 8.26. The Bertz CT molecular complexity index is 1090. The van der Waals surface area contributed by atoms with Crippen molar-refractivity contribution in [2.45, 2.75) is 25.7 Å². The number of hydrogen-bond acceptors (Lipinski definition) is 7. The third kappa shape index (κ3) is 5.78. The van der Waals surface area contributed by atoms with Gasteiger partial charge in [0, 0.05) is 25.2 Å². The molecule has 2 aliphatic rings. The van der Waals surface area contributed by atoms with Crippen LogP contribution in [-0.2, 0) is 9.59 Å². The lowest BCUT2D eigenvalue weighted by molar-refractivity contribution is -0.122. The summed E-state index contributed by atoms with van der Waals surface area (Å²) in [7, 11) is 0. The summed E-state index contributed by atoms with van der Waals surface area (Å²) in [4.78, 5) is 29.3. The molecule has 34 heavy (non-hydrogen) atoms. The maximum atomic E-state index is 12.9. The topological polar surface area (TPSA) is 79.3 Å². The van der Waals surface area contributed by atoms with Crippen molar-refractivity contribution in [1.29, 1.82) is 0 Å². The van der Waals surface area contributed by atoms with Crippen LogP contribution in [0.25, 0.3) is 6.08 Å². The molecule has 0 aliphatic carbocycles. The van der Waals surface area contributed by atoms with Gasteiger partial charge >= 0.3 is 0 Å². The fraction of sp³-hybridized carbons (Fsp3) is 0.320. The first kappa shape index (κ1) is 24.3. The highest BCUT2D eigenvalue weighted by atomic mass is 32.2. The molecule has 178 valence electrons. The maximum absolute atomic E-state index is 12.9. The van der Waals surface area contributed by atoms with Crippen molar-refractivity contribution in [1.82, 2.24) is 4.90 Å². The molecule has 0 saturated carbocycles. The minimum atomic E-state index is -0.0954. The maximum Gasteiger partial charge on any atom is 0.266 e. The van der Waals surface area contributed by atoms with E-state index in [9.17, 15) is 14.7 Å². The first-order valence-electron chi connectivity index (χ1n) is 11.2. The molecule has 2 aromatic rings. The number of amides is 2. The number of aliphatic hydroxyl groups excluding tert-OH is 1. The van der Waals surface area contributed by atoms with Gasteiger partial charge in [0.25, 0.3) is 5.91 Å². The quantitative estimate of drug-likeness (QED) is 0.299. The summed E-state index contributed by atoms with van der Waals surface area (Å²) < 4.78 is 11.3. The standard InChI is InChI=1S/C25H26N2O5S2/c28-14-13-26(19-7-3-1-4-8-19)23(29)9-5-2-6-12-27-24(30)22(34-25(27)33)16-18-10-11-20-21(15-18)32-17-31-20/h1,3-4,7-8,10-11,15-16,28H,2,5-6,9,12-14,17H2/b22-16-. The molecule has 0 unspecified atom stereocenters. The van der Waals surface area contributed by atoms with Crippen LogP contribution in [0.1, 0.15) is 31.2 Å². The Morgan fingerprint density at radius 2 is 1.91 bits per heavy atom. The number of aliphatic hydroxyl groups is 1. The van der Waals surface area contributed by atoms with E-state index in [0.29, 0.717) is 40.1 Å². The number of hydrogen-bond donors (Lipinski definition) is 1. The van der Waals surface area contributed by atoms with Crippen LogP contribution in [-0.4, -0.2) is 52.6 Å². The van der Waals surface area contributed by atoms with Crippen molar-refractivity contribution in [2.75, 3.05) is 31.4 Å². The average molecular weight is 499 g/mol. The van der Waals surface area contributed by atoms with E-state index in [1.54, 1.807) is 9.80 Å². The molecule has 4 rings (SSSR count). The van der Waals surface area contributed by atoms with Crippen molar-refractivity contribution in [2.24, 2.45) is 0 Å². The zero-order chi connectivity index (χ0) is 23.9. The van der Waals surface area contributed by atoms with E-state index in [0.717, 1.165) is 24.1 Å². The second-order valence-electron chi connectivity index (χ2n) is 7.86. The summed E-state index contributed by atoms with van der Waals surface area (Å²) in [5.41, 5.74) is 1.64. The van der Waals surface area contributed by atoms with Crippen LogP contribution < -0.4 is 14.4 Å². The van der Waals surface area contributed by atoms with Crippen LogP contribution in [0.5, 0.6) is 11.5 Å². The van der Waals surface area contributed by atoms with Crippen molar-refractivity contribution in [3.63, 3.8) is 0 Å². The molecular weight excluding hydrogens is 472 g/mol. The molecule has 2 aromatic carbocycles. The smallest absolute Gasteiger partial charge is 0.266 e. The average Bonchev–Trinajstić information content (AvgIpc) is 3.42. The zero-order valence-corrected chi connectivity index (χ0v) is 20.3. The normalized spacial score (nSPS) is 15.9. The third-order valence-electron chi connectivity index (χ3n) is 5.53. The minimum Gasteiger partial charge on any atom is -0.454 e. The number of unbranched alkanes of at least 4 members (excludes halogenated alkanes) is 2. The lowest BCUT2D eigenvalue weighted by atomic mass is 10.1. The highest BCUT2D eigenvalue weighted by Gasteiger charge is 2.31. The number of benzene rings is 2. The molecule has 0 bridgehead atoms. The van der Waals surface area contributed by atoms with E-state index < -0.39 is 0 Å². The number of carbonyl (C=O) groups excluding carboxylic acids is 2. The SMILES string of the molecule is O=C1/C(=C/c2ccc3c(c2)OCO3)SC(=S)N1CCCCCC(=O)N(CCO)c1ccccc1. The number of fused-ring (bicyclic) bond motifs is 1. The number of para-hydroxylation sites is 1. The fourth-order valence-corrected chi connectivity index (χ4v) is 5.12. The van der Waals surface area contributed by atoms with Crippen LogP contribution in [0.15, 0.2) is 53.4 Å². The van der Waals surface area contributed by atoms with Gasteiger partial charge in [-0.2, -0.15) is 0 Å². The van der Waals surface area contributed by atoms with E-state index in [2.05, 4.69) is 0 Å². The van der Waals surface area contributed by atoms with Crippen LogP contribution in [0.3, 0.4) is 0 Å². The molecule has 1 saturated heterocycles. The molecule has 0 radical (unpaired) electrons. The Balaban J connectivity index is 1.25. The molecule has 0 aromatic heterocycles. The van der Waals surface area contributed by atoms with E-state index in [4.69, 9.17) is 21.7 Å². The fourth-order valence-electron chi connectivity index (χ4n) is 3.81. The number of thioether (sulfide) groups is 1. The van der Waals surface area contributed by atoms with E-state index in [1.165, 1.54) is 11.8 Å². The second kappa shape index (κ2) is 11.5. The minimum absolute atomic E-state index is 0.0162. The molecular formula is C25H26N2O5S2. The molecule has 2 amide bonds. The lowest BCUT2D eigenvalue weighted by Gasteiger charge is -2.22. The van der Waals surface area contributed by atoms with E-state index >= 15 is 0 Å². The van der Waals surface area contributed by atoms with Gasteiger partial charge in [-0.25, -0.2) is 0 Å². The van der Waals surface area contributed by atoms with Crippen molar-refractivity contribution in [3.8, 4) is 11.5 Å². The molecule has 1 N–H and O–H groups in total. The first-order chi connectivity index (χ1) is 16.6. The van der Waals surface area contributed by atoms with E-state index in [1.807, 2.05) is 54.6 Å².